The van der Waals surface area contributed by atoms with Crippen LogP contribution in [0.2, 0.25) is 0 Å². The lowest BCUT2D eigenvalue weighted by Gasteiger charge is -2.35. The molecule has 0 amide bonds. The van der Waals surface area contributed by atoms with E-state index in [0.29, 0.717) is 11.8 Å². The van der Waals surface area contributed by atoms with Gasteiger partial charge in [0, 0.05) is 5.92 Å². The monoisotopic (exact) mass is 320 g/mol. The van der Waals surface area contributed by atoms with Gasteiger partial charge < -0.3 is 0 Å². The number of benzene rings is 1. The van der Waals surface area contributed by atoms with E-state index in [1.165, 1.54) is 6.42 Å². The average Bonchev–Trinajstić information content (AvgIpc) is 2.63. The van der Waals surface area contributed by atoms with Crippen molar-refractivity contribution in [3.05, 3.63) is 47.0 Å². The molecule has 1 aliphatic carbocycles. The van der Waals surface area contributed by atoms with Crippen molar-refractivity contribution in [1.29, 1.82) is 10.5 Å². The SMILES string of the molecule is CCC1=C(CC)C[C@@H](C)[C@@H](CC(c2ccccc2)C(C#N)C#N)C1. The first-order valence-corrected chi connectivity index (χ1v) is 9.18. The van der Waals surface area contributed by atoms with E-state index in [1.54, 1.807) is 11.1 Å². The first-order chi connectivity index (χ1) is 11.6. The summed E-state index contributed by atoms with van der Waals surface area (Å²) in [7, 11) is 0. The predicted molar refractivity (Wildman–Crippen MR) is 98.0 cm³/mol. The van der Waals surface area contributed by atoms with Crippen molar-refractivity contribution < 1.29 is 0 Å². The van der Waals surface area contributed by atoms with Gasteiger partial charge in [-0.1, -0.05) is 62.2 Å². The van der Waals surface area contributed by atoms with Crippen LogP contribution in [0.25, 0.3) is 0 Å². The molecule has 1 aliphatic rings. The third-order valence-electron chi connectivity index (χ3n) is 5.70. The van der Waals surface area contributed by atoms with Crippen LogP contribution in [0.5, 0.6) is 0 Å². The summed E-state index contributed by atoms with van der Waals surface area (Å²) in [4.78, 5) is 0. The van der Waals surface area contributed by atoms with E-state index in [0.717, 1.165) is 31.2 Å². The molecule has 2 heteroatoms. The maximum atomic E-state index is 9.45. The van der Waals surface area contributed by atoms with Gasteiger partial charge in [0.05, 0.1) is 12.1 Å². The minimum Gasteiger partial charge on any atom is -0.197 e. The maximum Gasteiger partial charge on any atom is 0.140 e. The Hall–Kier alpha value is -2.06. The van der Waals surface area contributed by atoms with Crippen molar-refractivity contribution in [2.24, 2.45) is 17.8 Å². The third kappa shape index (κ3) is 4.07. The quantitative estimate of drug-likeness (QED) is 0.605. The van der Waals surface area contributed by atoms with Gasteiger partial charge in [0.2, 0.25) is 0 Å². The summed E-state index contributed by atoms with van der Waals surface area (Å²) in [5.74, 6) is 0.625. The highest BCUT2D eigenvalue weighted by molar-refractivity contribution is 5.26. The zero-order valence-electron chi connectivity index (χ0n) is 15.1. The van der Waals surface area contributed by atoms with Crippen molar-refractivity contribution in [2.75, 3.05) is 0 Å². The van der Waals surface area contributed by atoms with Gasteiger partial charge in [-0.05, 0) is 49.5 Å². The number of nitrogens with zero attached hydrogens (tertiary/aromatic N) is 2. The standard InChI is InChI=1S/C22H28N2/c1-4-17-11-16(3)20(12-18(17)5-2)13-22(21(14-23)15-24)19-9-7-6-8-10-19/h6-10,16,20-22H,4-5,11-13H2,1-3H3/t16-,20-,22?/m1/s1. The summed E-state index contributed by atoms with van der Waals surface area (Å²) in [6, 6.07) is 14.6. The van der Waals surface area contributed by atoms with Gasteiger partial charge in [0.1, 0.15) is 5.92 Å². The molecular weight excluding hydrogens is 292 g/mol. The number of rotatable bonds is 6. The Morgan fingerprint density at radius 1 is 1.00 bits per heavy atom. The minimum atomic E-state index is -0.568. The fourth-order valence-corrected chi connectivity index (χ4v) is 4.17. The fourth-order valence-electron chi connectivity index (χ4n) is 4.17. The van der Waals surface area contributed by atoms with Crippen LogP contribution < -0.4 is 0 Å². The van der Waals surface area contributed by atoms with Crippen LogP contribution >= 0.6 is 0 Å². The molecule has 0 radical (unpaired) electrons. The summed E-state index contributed by atoms with van der Waals surface area (Å²) < 4.78 is 0. The second-order valence-electron chi connectivity index (χ2n) is 7.05. The van der Waals surface area contributed by atoms with Gasteiger partial charge in [-0.3, -0.25) is 0 Å². The van der Waals surface area contributed by atoms with Gasteiger partial charge >= 0.3 is 0 Å². The smallest absolute Gasteiger partial charge is 0.140 e. The Labute approximate surface area is 146 Å². The Balaban J connectivity index is 2.26. The van der Waals surface area contributed by atoms with Crippen LogP contribution in [0, 0.1) is 40.4 Å². The van der Waals surface area contributed by atoms with Gasteiger partial charge in [-0.2, -0.15) is 10.5 Å². The lowest BCUT2D eigenvalue weighted by atomic mass is 9.69. The normalized spacial score (nSPS) is 22.1. The van der Waals surface area contributed by atoms with Crippen LogP contribution in [-0.2, 0) is 0 Å². The Morgan fingerprint density at radius 2 is 1.58 bits per heavy atom. The van der Waals surface area contributed by atoms with E-state index in [2.05, 4.69) is 45.0 Å². The molecule has 0 aromatic heterocycles. The molecule has 0 aliphatic heterocycles. The number of allylic oxidation sites excluding steroid dienone is 2. The summed E-state index contributed by atoms with van der Waals surface area (Å²) >= 11 is 0. The van der Waals surface area contributed by atoms with Crippen molar-refractivity contribution in [3.8, 4) is 12.1 Å². The Bertz CT molecular complexity index is 631. The van der Waals surface area contributed by atoms with Crippen LogP contribution in [0.1, 0.15) is 64.4 Å². The largest absolute Gasteiger partial charge is 0.197 e. The molecule has 24 heavy (non-hydrogen) atoms. The topological polar surface area (TPSA) is 47.6 Å². The molecule has 0 heterocycles. The highest BCUT2D eigenvalue weighted by Crippen LogP contribution is 2.43. The highest BCUT2D eigenvalue weighted by atomic mass is 14.4. The minimum absolute atomic E-state index is 0.00920. The predicted octanol–water partition coefficient (Wildman–Crippen LogP) is 5.99. The molecule has 0 fully saturated rings. The Morgan fingerprint density at radius 3 is 2.12 bits per heavy atom. The molecule has 0 bridgehead atoms. The molecule has 1 aromatic rings. The van der Waals surface area contributed by atoms with Crippen LogP contribution in [0.15, 0.2) is 41.5 Å². The van der Waals surface area contributed by atoms with E-state index < -0.39 is 5.92 Å². The van der Waals surface area contributed by atoms with E-state index in [-0.39, 0.29) is 5.92 Å². The summed E-state index contributed by atoms with van der Waals surface area (Å²) in [5, 5.41) is 18.9. The zero-order valence-corrected chi connectivity index (χ0v) is 15.1. The first-order valence-electron chi connectivity index (χ1n) is 9.18. The van der Waals surface area contributed by atoms with Gasteiger partial charge in [0.25, 0.3) is 0 Å². The van der Waals surface area contributed by atoms with Crippen molar-refractivity contribution in [1.82, 2.24) is 0 Å². The van der Waals surface area contributed by atoms with Crippen molar-refractivity contribution >= 4 is 0 Å². The van der Waals surface area contributed by atoms with E-state index in [4.69, 9.17) is 0 Å². The molecule has 0 saturated heterocycles. The summed E-state index contributed by atoms with van der Waals surface area (Å²) in [5.41, 5.74) is 4.37. The first kappa shape index (κ1) is 18.3. The Kier molecular flexibility index (Phi) is 6.62. The average molecular weight is 320 g/mol. The van der Waals surface area contributed by atoms with Crippen LogP contribution in [0.4, 0.5) is 0 Å². The summed E-state index contributed by atoms with van der Waals surface area (Å²) in [6.45, 7) is 6.84. The molecule has 1 unspecified atom stereocenters. The molecule has 126 valence electrons. The maximum absolute atomic E-state index is 9.45. The molecule has 0 spiro atoms. The van der Waals surface area contributed by atoms with E-state index in [9.17, 15) is 10.5 Å². The van der Waals surface area contributed by atoms with Gasteiger partial charge in [-0.25, -0.2) is 0 Å². The molecule has 0 saturated carbocycles. The lowest BCUT2D eigenvalue weighted by molar-refractivity contribution is 0.278. The fraction of sp³-hybridized carbons (Fsp3) is 0.545. The molecule has 2 nitrogen and oxygen atoms in total. The molecule has 3 atom stereocenters. The zero-order chi connectivity index (χ0) is 17.5. The lowest BCUT2D eigenvalue weighted by Crippen LogP contribution is -2.24. The van der Waals surface area contributed by atoms with Crippen LogP contribution in [-0.4, -0.2) is 0 Å². The van der Waals surface area contributed by atoms with Gasteiger partial charge in [0.15, 0.2) is 0 Å². The number of nitriles is 2. The van der Waals surface area contributed by atoms with E-state index in [1.807, 2.05) is 18.2 Å². The molecule has 0 N–H and O–H groups in total. The van der Waals surface area contributed by atoms with Crippen LogP contribution in [0.3, 0.4) is 0 Å². The second kappa shape index (κ2) is 8.70. The van der Waals surface area contributed by atoms with E-state index >= 15 is 0 Å². The third-order valence-corrected chi connectivity index (χ3v) is 5.70. The van der Waals surface area contributed by atoms with Crippen molar-refractivity contribution in [3.63, 3.8) is 0 Å². The molecular formula is C22H28N2. The highest BCUT2D eigenvalue weighted by Gasteiger charge is 2.32. The number of hydrogen-bond acceptors (Lipinski definition) is 2. The molecule has 1 aromatic carbocycles. The molecule has 2 rings (SSSR count). The van der Waals surface area contributed by atoms with Crippen molar-refractivity contribution in [2.45, 2.75) is 58.8 Å². The second-order valence-corrected chi connectivity index (χ2v) is 7.05. The number of hydrogen-bond donors (Lipinski definition) is 0. The van der Waals surface area contributed by atoms with Gasteiger partial charge in [-0.15, -0.1) is 0 Å². The summed E-state index contributed by atoms with van der Waals surface area (Å²) in [6.07, 6.45) is 5.52.